The third-order valence-corrected chi connectivity index (χ3v) is 7.22. The minimum atomic E-state index is -3.62. The van der Waals surface area contributed by atoms with Gasteiger partial charge in [0.25, 0.3) is 11.5 Å². The first kappa shape index (κ1) is 21.3. The van der Waals surface area contributed by atoms with Crippen molar-refractivity contribution in [2.75, 3.05) is 13.1 Å². The van der Waals surface area contributed by atoms with Crippen LogP contribution in [0.1, 0.15) is 52.0 Å². The summed E-state index contributed by atoms with van der Waals surface area (Å²) in [6.07, 6.45) is 2.73. The number of aryl methyl sites for hydroxylation is 3. The molecule has 0 atom stereocenters. The van der Waals surface area contributed by atoms with Crippen molar-refractivity contribution >= 4 is 15.9 Å². The quantitative estimate of drug-likeness (QED) is 0.780. The zero-order valence-electron chi connectivity index (χ0n) is 17.0. The number of piperidine rings is 1. The summed E-state index contributed by atoms with van der Waals surface area (Å²) in [5.41, 5.74) is 2.78. The molecule has 2 heterocycles. The molecular weight excluding hydrogens is 390 g/mol. The third-order valence-electron chi connectivity index (χ3n) is 5.33. The number of amides is 1. The van der Waals surface area contributed by atoms with Crippen LogP contribution >= 0.6 is 0 Å². The highest BCUT2D eigenvalue weighted by Gasteiger charge is 2.27. The number of rotatable bonds is 5. The zero-order valence-corrected chi connectivity index (χ0v) is 17.9. The number of aromatic nitrogens is 1. The van der Waals surface area contributed by atoms with E-state index >= 15 is 0 Å². The Morgan fingerprint density at radius 3 is 2.41 bits per heavy atom. The summed E-state index contributed by atoms with van der Waals surface area (Å²) in [6, 6.07) is 6.47. The van der Waals surface area contributed by atoms with Crippen molar-refractivity contribution in [2.45, 2.75) is 51.5 Å². The number of carbonyl (C=O) groups excluding carboxylic acids is 1. The van der Waals surface area contributed by atoms with Crippen LogP contribution in [0.3, 0.4) is 0 Å². The number of pyridine rings is 1. The van der Waals surface area contributed by atoms with Gasteiger partial charge in [-0.15, -0.1) is 0 Å². The summed E-state index contributed by atoms with van der Waals surface area (Å²) >= 11 is 0. The maximum absolute atomic E-state index is 12.9. The average molecular weight is 418 g/mol. The zero-order chi connectivity index (χ0) is 21.2. The van der Waals surface area contributed by atoms with Gasteiger partial charge in [0, 0.05) is 36.5 Å². The smallest absolute Gasteiger partial charge is 0.253 e. The first-order valence-corrected chi connectivity index (χ1v) is 11.2. The number of nitrogens with zero attached hydrogens (tertiary/aromatic N) is 1. The first-order chi connectivity index (χ1) is 13.7. The molecular formula is C21H27N3O4S. The SMILES string of the molecule is Cc1cc(C)c(CNC(=O)c2cc(S(=O)(=O)N3CCCCC3)ccc2C)c(=O)[nH]1. The van der Waals surface area contributed by atoms with Gasteiger partial charge in [-0.25, -0.2) is 8.42 Å². The molecule has 156 valence electrons. The fourth-order valence-electron chi connectivity index (χ4n) is 3.63. The van der Waals surface area contributed by atoms with Gasteiger partial charge in [0.2, 0.25) is 10.0 Å². The second-order valence-electron chi connectivity index (χ2n) is 7.57. The van der Waals surface area contributed by atoms with E-state index in [2.05, 4.69) is 10.3 Å². The molecule has 0 bridgehead atoms. The fourth-order valence-corrected chi connectivity index (χ4v) is 5.17. The van der Waals surface area contributed by atoms with Gasteiger partial charge in [-0.05, 0) is 62.9 Å². The Bertz CT molecular complexity index is 1080. The lowest BCUT2D eigenvalue weighted by Crippen LogP contribution is -2.35. The Balaban J connectivity index is 1.83. The van der Waals surface area contributed by atoms with Gasteiger partial charge >= 0.3 is 0 Å². The second kappa shape index (κ2) is 8.51. The van der Waals surface area contributed by atoms with Crippen LogP contribution in [0.25, 0.3) is 0 Å². The molecule has 0 radical (unpaired) electrons. The molecule has 2 aromatic rings. The number of sulfonamides is 1. The average Bonchev–Trinajstić information content (AvgIpc) is 2.67. The van der Waals surface area contributed by atoms with E-state index in [4.69, 9.17) is 0 Å². The number of H-pyrrole nitrogens is 1. The van der Waals surface area contributed by atoms with Crippen LogP contribution in [0.2, 0.25) is 0 Å². The van der Waals surface area contributed by atoms with Crippen LogP contribution in [0.4, 0.5) is 0 Å². The standard InChI is InChI=1S/C21H27N3O4S/c1-14-7-8-17(29(27,28)24-9-5-4-6-10-24)12-18(14)20(25)22-13-19-15(2)11-16(3)23-21(19)26/h7-8,11-12H,4-6,9-10,13H2,1-3H3,(H,22,25)(H,23,26). The van der Waals surface area contributed by atoms with Crippen LogP contribution in [-0.2, 0) is 16.6 Å². The van der Waals surface area contributed by atoms with Gasteiger partial charge in [0.05, 0.1) is 4.90 Å². The monoisotopic (exact) mass is 417 g/mol. The van der Waals surface area contributed by atoms with Crippen molar-refractivity contribution in [3.8, 4) is 0 Å². The largest absolute Gasteiger partial charge is 0.348 e. The summed E-state index contributed by atoms with van der Waals surface area (Å²) < 4.78 is 27.3. The number of nitrogens with one attached hydrogen (secondary N) is 2. The highest BCUT2D eigenvalue weighted by atomic mass is 32.2. The Kier molecular flexibility index (Phi) is 6.24. The van der Waals surface area contributed by atoms with Gasteiger partial charge in [0.1, 0.15) is 0 Å². The molecule has 1 aromatic carbocycles. The lowest BCUT2D eigenvalue weighted by molar-refractivity contribution is 0.0950. The van der Waals surface area contributed by atoms with Gasteiger partial charge in [-0.1, -0.05) is 12.5 Å². The van der Waals surface area contributed by atoms with Gasteiger partial charge in [0.15, 0.2) is 0 Å². The van der Waals surface area contributed by atoms with Crippen molar-refractivity contribution in [3.05, 3.63) is 62.6 Å². The molecule has 1 fully saturated rings. The number of hydrogen-bond donors (Lipinski definition) is 2. The lowest BCUT2D eigenvalue weighted by atomic mass is 10.1. The van der Waals surface area contributed by atoms with Gasteiger partial charge < -0.3 is 10.3 Å². The second-order valence-corrected chi connectivity index (χ2v) is 9.51. The van der Waals surface area contributed by atoms with Crippen molar-refractivity contribution in [2.24, 2.45) is 0 Å². The van der Waals surface area contributed by atoms with Crippen LogP contribution in [0, 0.1) is 20.8 Å². The van der Waals surface area contributed by atoms with Crippen molar-refractivity contribution in [1.82, 2.24) is 14.6 Å². The van der Waals surface area contributed by atoms with Crippen LogP contribution in [0.15, 0.2) is 34.0 Å². The van der Waals surface area contributed by atoms with Gasteiger partial charge in [-0.2, -0.15) is 4.31 Å². The third kappa shape index (κ3) is 4.59. The fraction of sp³-hybridized carbons (Fsp3) is 0.429. The highest BCUT2D eigenvalue weighted by Crippen LogP contribution is 2.23. The highest BCUT2D eigenvalue weighted by molar-refractivity contribution is 7.89. The molecule has 2 N–H and O–H groups in total. The van der Waals surface area contributed by atoms with Crippen molar-refractivity contribution < 1.29 is 13.2 Å². The van der Waals surface area contributed by atoms with Crippen molar-refractivity contribution in [3.63, 3.8) is 0 Å². The Morgan fingerprint density at radius 2 is 1.76 bits per heavy atom. The van der Waals surface area contributed by atoms with E-state index in [0.29, 0.717) is 29.8 Å². The molecule has 0 unspecified atom stereocenters. The molecule has 1 aliphatic heterocycles. The van der Waals surface area contributed by atoms with Crippen molar-refractivity contribution in [1.29, 1.82) is 0 Å². The Hall–Kier alpha value is -2.45. The van der Waals surface area contributed by atoms with E-state index in [1.54, 1.807) is 26.0 Å². The molecule has 1 aliphatic rings. The van der Waals surface area contributed by atoms with E-state index < -0.39 is 15.9 Å². The molecule has 0 saturated carbocycles. The predicted molar refractivity (Wildman–Crippen MR) is 111 cm³/mol. The molecule has 1 amide bonds. The normalized spacial score (nSPS) is 15.3. The minimum absolute atomic E-state index is 0.0722. The minimum Gasteiger partial charge on any atom is -0.348 e. The van der Waals surface area contributed by atoms with Crippen LogP contribution < -0.4 is 10.9 Å². The number of carbonyl (C=O) groups is 1. The molecule has 3 rings (SSSR count). The van der Waals surface area contributed by atoms with E-state index in [9.17, 15) is 18.0 Å². The molecule has 0 aliphatic carbocycles. The summed E-state index contributed by atoms with van der Waals surface area (Å²) in [4.78, 5) is 27.8. The maximum atomic E-state index is 12.9. The number of hydrogen-bond acceptors (Lipinski definition) is 4. The van der Waals surface area contributed by atoms with E-state index in [1.807, 2.05) is 13.0 Å². The van der Waals surface area contributed by atoms with Crippen LogP contribution in [-0.4, -0.2) is 36.7 Å². The molecule has 29 heavy (non-hydrogen) atoms. The predicted octanol–water partition coefficient (Wildman–Crippen LogP) is 2.40. The van der Waals surface area contributed by atoms with E-state index in [-0.39, 0.29) is 17.0 Å². The number of aromatic amines is 1. The van der Waals surface area contributed by atoms with Crippen LogP contribution in [0.5, 0.6) is 0 Å². The van der Waals surface area contributed by atoms with E-state index in [0.717, 1.165) is 30.5 Å². The summed E-state index contributed by atoms with van der Waals surface area (Å²) in [5, 5.41) is 2.75. The number of benzene rings is 1. The topological polar surface area (TPSA) is 99.3 Å². The molecule has 1 aromatic heterocycles. The molecule has 0 spiro atoms. The Labute approximate surface area is 171 Å². The molecule has 1 saturated heterocycles. The molecule has 7 nitrogen and oxygen atoms in total. The van der Waals surface area contributed by atoms with E-state index in [1.165, 1.54) is 10.4 Å². The Morgan fingerprint density at radius 1 is 1.07 bits per heavy atom. The lowest BCUT2D eigenvalue weighted by Gasteiger charge is -2.26. The van der Waals surface area contributed by atoms with Gasteiger partial charge in [-0.3, -0.25) is 9.59 Å². The molecule has 8 heteroatoms. The summed E-state index contributed by atoms with van der Waals surface area (Å²) in [6.45, 7) is 6.47. The summed E-state index contributed by atoms with van der Waals surface area (Å²) in [5.74, 6) is -0.405. The summed E-state index contributed by atoms with van der Waals surface area (Å²) in [7, 11) is -3.62. The first-order valence-electron chi connectivity index (χ1n) is 9.78. The maximum Gasteiger partial charge on any atom is 0.253 e.